The minimum Gasteiger partial charge on any atom is -0.376 e. The molecule has 1 aromatic rings. The van der Waals surface area contributed by atoms with E-state index in [-0.39, 0.29) is 0 Å². The second-order valence-electron chi connectivity index (χ2n) is 3.33. The molecule has 2 heteroatoms. The zero-order valence-corrected chi connectivity index (χ0v) is 8.80. The summed E-state index contributed by atoms with van der Waals surface area (Å²) < 4.78 is 5.52. The first-order valence-corrected chi connectivity index (χ1v) is 5.79. The molecule has 70 valence electrons. The van der Waals surface area contributed by atoms with Gasteiger partial charge >= 0.3 is 0 Å². The van der Waals surface area contributed by atoms with E-state index in [0.717, 1.165) is 6.42 Å². The SMILES string of the molecule is CO[C@@H]1c2ccccc2C[C@H]1SC. The highest BCUT2D eigenvalue weighted by Gasteiger charge is 2.31. The fraction of sp³-hybridized carbons (Fsp3) is 0.455. The fourth-order valence-corrected chi connectivity index (χ4v) is 2.86. The molecule has 0 saturated heterocycles. The summed E-state index contributed by atoms with van der Waals surface area (Å²) in [7, 11) is 1.80. The molecular formula is C11H14OS. The lowest BCUT2D eigenvalue weighted by Gasteiger charge is -2.16. The standard InChI is InChI=1S/C11H14OS/c1-12-11-9-6-4-3-5-8(9)7-10(11)13-2/h3-6,10-11H,7H2,1-2H3/t10-,11-/m1/s1. The van der Waals surface area contributed by atoms with E-state index in [1.165, 1.54) is 11.1 Å². The van der Waals surface area contributed by atoms with Gasteiger partial charge in [0, 0.05) is 12.4 Å². The number of fused-ring (bicyclic) bond motifs is 1. The van der Waals surface area contributed by atoms with Gasteiger partial charge in [-0.15, -0.1) is 0 Å². The van der Waals surface area contributed by atoms with Crippen LogP contribution in [0.15, 0.2) is 24.3 Å². The Hall–Kier alpha value is -0.470. The third-order valence-corrected chi connectivity index (χ3v) is 3.70. The molecule has 0 unspecified atom stereocenters. The normalized spacial score (nSPS) is 26.0. The molecule has 1 aliphatic carbocycles. The average Bonchev–Trinajstić information content (AvgIpc) is 2.55. The van der Waals surface area contributed by atoms with Crippen LogP contribution in [0.2, 0.25) is 0 Å². The Bertz CT molecular complexity index is 298. The first-order chi connectivity index (χ1) is 6.36. The Balaban J connectivity index is 2.34. The molecule has 1 aliphatic rings. The molecule has 2 atom stereocenters. The monoisotopic (exact) mass is 194 g/mol. The van der Waals surface area contributed by atoms with E-state index in [2.05, 4.69) is 30.5 Å². The van der Waals surface area contributed by atoms with Crippen LogP contribution in [-0.2, 0) is 11.2 Å². The third kappa shape index (κ3) is 1.49. The summed E-state index contributed by atoms with van der Waals surface area (Å²) in [6.45, 7) is 0. The van der Waals surface area contributed by atoms with Crippen molar-refractivity contribution in [1.82, 2.24) is 0 Å². The van der Waals surface area contributed by atoms with Gasteiger partial charge in [-0.25, -0.2) is 0 Å². The van der Waals surface area contributed by atoms with Crippen molar-refractivity contribution in [2.45, 2.75) is 17.8 Å². The smallest absolute Gasteiger partial charge is 0.0945 e. The molecule has 0 N–H and O–H groups in total. The maximum Gasteiger partial charge on any atom is 0.0945 e. The van der Waals surface area contributed by atoms with E-state index < -0.39 is 0 Å². The molecule has 0 amide bonds. The van der Waals surface area contributed by atoms with Gasteiger partial charge in [0.05, 0.1) is 6.10 Å². The van der Waals surface area contributed by atoms with Crippen LogP contribution in [0.4, 0.5) is 0 Å². The van der Waals surface area contributed by atoms with Crippen molar-refractivity contribution >= 4 is 11.8 Å². The fourth-order valence-electron chi connectivity index (χ4n) is 2.01. The molecule has 1 aromatic carbocycles. The topological polar surface area (TPSA) is 9.23 Å². The number of thioether (sulfide) groups is 1. The number of benzene rings is 1. The van der Waals surface area contributed by atoms with Crippen LogP contribution in [0, 0.1) is 0 Å². The molecule has 0 heterocycles. The predicted molar refractivity (Wildman–Crippen MR) is 57.2 cm³/mol. The Kier molecular flexibility index (Phi) is 2.61. The van der Waals surface area contributed by atoms with Crippen LogP contribution in [0.3, 0.4) is 0 Å². The summed E-state index contributed by atoms with van der Waals surface area (Å²) in [4.78, 5) is 0. The van der Waals surface area contributed by atoms with E-state index in [4.69, 9.17) is 4.74 Å². The van der Waals surface area contributed by atoms with Crippen LogP contribution in [0.5, 0.6) is 0 Å². The maximum absolute atomic E-state index is 5.52. The van der Waals surface area contributed by atoms with Gasteiger partial charge in [0.2, 0.25) is 0 Å². The minimum atomic E-state index is 0.297. The van der Waals surface area contributed by atoms with Gasteiger partial charge in [0.15, 0.2) is 0 Å². The molecule has 0 radical (unpaired) electrons. The summed E-state index contributed by atoms with van der Waals surface area (Å²) in [5.41, 5.74) is 2.83. The quantitative estimate of drug-likeness (QED) is 0.716. The van der Waals surface area contributed by atoms with Gasteiger partial charge in [-0.2, -0.15) is 11.8 Å². The average molecular weight is 194 g/mol. The molecule has 0 bridgehead atoms. The molecule has 0 spiro atoms. The molecular weight excluding hydrogens is 180 g/mol. The van der Waals surface area contributed by atoms with Gasteiger partial charge < -0.3 is 4.74 Å². The van der Waals surface area contributed by atoms with Gasteiger partial charge in [-0.3, -0.25) is 0 Å². The van der Waals surface area contributed by atoms with E-state index in [9.17, 15) is 0 Å². The lowest BCUT2D eigenvalue weighted by Crippen LogP contribution is -2.11. The van der Waals surface area contributed by atoms with Crippen LogP contribution in [-0.4, -0.2) is 18.6 Å². The van der Waals surface area contributed by atoms with Crippen molar-refractivity contribution < 1.29 is 4.74 Å². The molecule has 13 heavy (non-hydrogen) atoms. The highest BCUT2D eigenvalue weighted by molar-refractivity contribution is 7.99. The number of hydrogen-bond acceptors (Lipinski definition) is 2. The lowest BCUT2D eigenvalue weighted by molar-refractivity contribution is 0.109. The van der Waals surface area contributed by atoms with Crippen molar-refractivity contribution in [2.75, 3.05) is 13.4 Å². The van der Waals surface area contributed by atoms with Gasteiger partial charge in [0.25, 0.3) is 0 Å². The second-order valence-corrected chi connectivity index (χ2v) is 4.41. The number of ether oxygens (including phenoxy) is 1. The summed E-state index contributed by atoms with van der Waals surface area (Å²) >= 11 is 1.90. The van der Waals surface area contributed by atoms with Crippen molar-refractivity contribution in [3.63, 3.8) is 0 Å². The Labute approximate surface area is 83.5 Å². The van der Waals surface area contributed by atoms with Crippen LogP contribution < -0.4 is 0 Å². The summed E-state index contributed by atoms with van der Waals surface area (Å²) in [6.07, 6.45) is 3.60. The molecule has 0 fully saturated rings. The minimum absolute atomic E-state index is 0.297. The molecule has 0 saturated carbocycles. The Morgan fingerprint density at radius 2 is 2.15 bits per heavy atom. The molecule has 1 nitrogen and oxygen atoms in total. The van der Waals surface area contributed by atoms with Crippen LogP contribution in [0.1, 0.15) is 17.2 Å². The van der Waals surface area contributed by atoms with E-state index >= 15 is 0 Å². The van der Waals surface area contributed by atoms with E-state index in [1.807, 2.05) is 11.8 Å². The van der Waals surface area contributed by atoms with Crippen molar-refractivity contribution in [3.8, 4) is 0 Å². The Morgan fingerprint density at radius 1 is 1.38 bits per heavy atom. The first kappa shape index (κ1) is 9.10. The van der Waals surface area contributed by atoms with Crippen LogP contribution >= 0.6 is 11.8 Å². The molecule has 0 aliphatic heterocycles. The van der Waals surface area contributed by atoms with E-state index in [1.54, 1.807) is 7.11 Å². The number of rotatable bonds is 2. The summed E-state index contributed by atoms with van der Waals surface area (Å²) in [5, 5.41) is 0.599. The highest BCUT2D eigenvalue weighted by atomic mass is 32.2. The van der Waals surface area contributed by atoms with Crippen molar-refractivity contribution in [1.29, 1.82) is 0 Å². The zero-order chi connectivity index (χ0) is 9.26. The lowest BCUT2D eigenvalue weighted by atomic mass is 10.1. The maximum atomic E-state index is 5.52. The second kappa shape index (κ2) is 3.72. The summed E-state index contributed by atoms with van der Waals surface area (Å²) in [5.74, 6) is 0. The molecule has 0 aromatic heterocycles. The van der Waals surface area contributed by atoms with E-state index in [0.29, 0.717) is 11.4 Å². The largest absolute Gasteiger partial charge is 0.376 e. The first-order valence-electron chi connectivity index (χ1n) is 4.50. The molecule has 2 rings (SSSR count). The third-order valence-electron chi connectivity index (χ3n) is 2.68. The number of hydrogen-bond donors (Lipinski definition) is 0. The van der Waals surface area contributed by atoms with Crippen molar-refractivity contribution in [3.05, 3.63) is 35.4 Å². The highest BCUT2D eigenvalue weighted by Crippen LogP contribution is 2.39. The summed E-state index contributed by atoms with van der Waals surface area (Å²) in [6, 6.07) is 8.58. The zero-order valence-electron chi connectivity index (χ0n) is 7.99. The van der Waals surface area contributed by atoms with Gasteiger partial charge in [-0.05, 0) is 23.8 Å². The Morgan fingerprint density at radius 3 is 2.85 bits per heavy atom. The van der Waals surface area contributed by atoms with Crippen LogP contribution in [0.25, 0.3) is 0 Å². The number of methoxy groups -OCH3 is 1. The predicted octanol–water partition coefficient (Wildman–Crippen LogP) is 2.66. The van der Waals surface area contributed by atoms with Gasteiger partial charge in [-0.1, -0.05) is 24.3 Å². The van der Waals surface area contributed by atoms with Crippen molar-refractivity contribution in [2.24, 2.45) is 0 Å². The van der Waals surface area contributed by atoms with Gasteiger partial charge in [0.1, 0.15) is 0 Å².